The van der Waals surface area contributed by atoms with Crippen LogP contribution in [0.5, 0.6) is 0 Å². The van der Waals surface area contributed by atoms with Gasteiger partial charge in [-0.15, -0.1) is 0 Å². The molecule has 0 bridgehead atoms. The highest BCUT2D eigenvalue weighted by Gasteiger charge is 2.26. The molecule has 1 aliphatic heterocycles. The van der Waals surface area contributed by atoms with E-state index in [1.165, 1.54) is 0 Å². The fourth-order valence-electron chi connectivity index (χ4n) is 2.14. The molecule has 2 N–H and O–H groups in total. The van der Waals surface area contributed by atoms with Crippen molar-refractivity contribution in [3.63, 3.8) is 0 Å². The van der Waals surface area contributed by atoms with Crippen LogP contribution in [0, 0.1) is 0 Å². The van der Waals surface area contributed by atoms with E-state index in [2.05, 4.69) is 9.88 Å². The van der Waals surface area contributed by atoms with Gasteiger partial charge in [-0.25, -0.2) is 4.79 Å². The van der Waals surface area contributed by atoms with Crippen LogP contribution in [0.15, 0.2) is 18.5 Å². The molecule has 0 saturated carbocycles. The van der Waals surface area contributed by atoms with Gasteiger partial charge in [-0.2, -0.15) is 0 Å². The largest absolute Gasteiger partial charge is 0.444 e. The van der Waals surface area contributed by atoms with E-state index in [0.29, 0.717) is 18.8 Å². The summed E-state index contributed by atoms with van der Waals surface area (Å²) in [6, 6.07) is 1.90. The predicted octanol–water partition coefficient (Wildman–Crippen LogP) is 1.72. The number of amides is 1. The van der Waals surface area contributed by atoms with Gasteiger partial charge in [-0.3, -0.25) is 4.98 Å². The van der Waals surface area contributed by atoms with Crippen molar-refractivity contribution in [2.75, 3.05) is 36.8 Å². The summed E-state index contributed by atoms with van der Waals surface area (Å²) in [6.45, 7) is 8.38. The molecule has 0 aromatic carbocycles. The van der Waals surface area contributed by atoms with Gasteiger partial charge in [0.1, 0.15) is 5.60 Å². The Morgan fingerprint density at radius 1 is 1.30 bits per heavy atom. The van der Waals surface area contributed by atoms with Gasteiger partial charge in [0, 0.05) is 32.4 Å². The first-order valence-electron chi connectivity index (χ1n) is 6.79. The Hall–Kier alpha value is -1.98. The maximum absolute atomic E-state index is 12.0. The smallest absolute Gasteiger partial charge is 0.410 e. The van der Waals surface area contributed by atoms with Crippen LogP contribution < -0.4 is 10.6 Å². The maximum atomic E-state index is 12.0. The first-order valence-corrected chi connectivity index (χ1v) is 6.79. The average Bonchev–Trinajstić information content (AvgIpc) is 2.37. The normalized spacial score (nSPS) is 16.1. The summed E-state index contributed by atoms with van der Waals surface area (Å²) in [6.07, 6.45) is 3.13. The number of nitrogens with zero attached hydrogens (tertiary/aromatic N) is 3. The lowest BCUT2D eigenvalue weighted by Crippen LogP contribution is -2.50. The molecule has 0 radical (unpaired) electrons. The molecule has 1 aromatic heterocycles. The van der Waals surface area contributed by atoms with Crippen molar-refractivity contribution in [2.24, 2.45) is 0 Å². The van der Waals surface area contributed by atoms with E-state index in [0.717, 1.165) is 18.8 Å². The van der Waals surface area contributed by atoms with Gasteiger partial charge in [0.25, 0.3) is 0 Å². The molecule has 6 nitrogen and oxygen atoms in total. The van der Waals surface area contributed by atoms with Gasteiger partial charge in [-0.05, 0) is 26.8 Å². The number of carbonyl (C=O) groups is 1. The number of nitrogen functional groups attached to an aromatic ring is 1. The number of ether oxygens (including phenoxy) is 1. The lowest BCUT2D eigenvalue weighted by molar-refractivity contribution is 0.0240. The zero-order valence-electron chi connectivity index (χ0n) is 12.3. The van der Waals surface area contributed by atoms with E-state index in [9.17, 15) is 4.79 Å². The molecular formula is C14H22N4O2. The highest BCUT2D eigenvalue weighted by molar-refractivity contribution is 5.70. The molecule has 2 heterocycles. The first kappa shape index (κ1) is 14.4. The third-order valence-corrected chi connectivity index (χ3v) is 3.10. The average molecular weight is 278 g/mol. The number of aromatic nitrogens is 1. The van der Waals surface area contributed by atoms with Crippen LogP contribution in [0.4, 0.5) is 16.2 Å². The lowest BCUT2D eigenvalue weighted by Gasteiger charge is -2.37. The third-order valence-electron chi connectivity index (χ3n) is 3.10. The Morgan fingerprint density at radius 3 is 2.50 bits per heavy atom. The van der Waals surface area contributed by atoms with Crippen LogP contribution in [0.1, 0.15) is 20.8 Å². The number of hydrogen-bond donors (Lipinski definition) is 1. The van der Waals surface area contributed by atoms with E-state index >= 15 is 0 Å². The van der Waals surface area contributed by atoms with Gasteiger partial charge in [0.2, 0.25) is 0 Å². The highest BCUT2D eigenvalue weighted by atomic mass is 16.6. The molecule has 1 amide bonds. The zero-order chi connectivity index (χ0) is 14.8. The molecular weight excluding hydrogens is 256 g/mol. The van der Waals surface area contributed by atoms with Crippen molar-refractivity contribution in [2.45, 2.75) is 26.4 Å². The fraction of sp³-hybridized carbons (Fsp3) is 0.571. The van der Waals surface area contributed by atoms with Crippen LogP contribution in [0.2, 0.25) is 0 Å². The monoisotopic (exact) mass is 278 g/mol. The minimum atomic E-state index is -0.455. The molecule has 1 aromatic rings. The Labute approximate surface area is 119 Å². The number of anilines is 2. The third kappa shape index (κ3) is 3.53. The molecule has 20 heavy (non-hydrogen) atoms. The standard InChI is InChI=1S/C14H22N4O2/c1-14(2,3)20-13(19)18-8-6-17(7-9-18)12-4-5-16-10-11(12)15/h4-5,10H,6-9,15H2,1-3H3. The van der Waals surface area contributed by atoms with E-state index < -0.39 is 5.60 Å². The SMILES string of the molecule is CC(C)(C)OC(=O)N1CCN(c2ccncc2N)CC1. The minimum absolute atomic E-state index is 0.250. The number of carbonyl (C=O) groups excluding carboxylic acids is 1. The van der Waals surface area contributed by atoms with Crippen molar-refractivity contribution in [3.05, 3.63) is 18.5 Å². The molecule has 6 heteroatoms. The van der Waals surface area contributed by atoms with Crippen molar-refractivity contribution in [1.29, 1.82) is 0 Å². The van der Waals surface area contributed by atoms with Gasteiger partial charge in [0.05, 0.1) is 17.6 Å². The number of pyridine rings is 1. The molecule has 0 spiro atoms. The van der Waals surface area contributed by atoms with Gasteiger partial charge >= 0.3 is 6.09 Å². The van der Waals surface area contributed by atoms with E-state index in [-0.39, 0.29) is 6.09 Å². The van der Waals surface area contributed by atoms with Gasteiger partial charge in [0.15, 0.2) is 0 Å². The van der Waals surface area contributed by atoms with Crippen molar-refractivity contribution >= 4 is 17.5 Å². The number of piperazine rings is 1. The Bertz CT molecular complexity index is 476. The Balaban J connectivity index is 1.93. The minimum Gasteiger partial charge on any atom is -0.444 e. The highest BCUT2D eigenvalue weighted by Crippen LogP contribution is 2.23. The predicted molar refractivity (Wildman–Crippen MR) is 78.7 cm³/mol. The maximum Gasteiger partial charge on any atom is 0.410 e. The van der Waals surface area contributed by atoms with E-state index in [1.807, 2.05) is 26.8 Å². The Morgan fingerprint density at radius 2 is 1.95 bits per heavy atom. The molecule has 0 unspecified atom stereocenters. The molecule has 0 aliphatic carbocycles. The topological polar surface area (TPSA) is 71.7 Å². The second-order valence-electron chi connectivity index (χ2n) is 5.89. The summed E-state index contributed by atoms with van der Waals surface area (Å²) in [5.41, 5.74) is 7.11. The van der Waals surface area contributed by atoms with Crippen LogP contribution in [0.3, 0.4) is 0 Å². The van der Waals surface area contributed by atoms with Crippen LogP contribution >= 0.6 is 0 Å². The molecule has 1 fully saturated rings. The molecule has 0 atom stereocenters. The number of rotatable bonds is 1. The Kier molecular flexibility index (Phi) is 4.01. The fourth-order valence-corrected chi connectivity index (χ4v) is 2.14. The lowest BCUT2D eigenvalue weighted by atomic mass is 10.2. The van der Waals surface area contributed by atoms with Crippen molar-refractivity contribution < 1.29 is 9.53 Å². The summed E-state index contributed by atoms with van der Waals surface area (Å²) in [5.74, 6) is 0. The van der Waals surface area contributed by atoms with Gasteiger partial charge < -0.3 is 20.3 Å². The molecule has 1 saturated heterocycles. The van der Waals surface area contributed by atoms with E-state index in [4.69, 9.17) is 10.5 Å². The van der Waals surface area contributed by atoms with Crippen molar-refractivity contribution in [3.8, 4) is 0 Å². The summed E-state index contributed by atoms with van der Waals surface area (Å²) in [5, 5.41) is 0. The van der Waals surface area contributed by atoms with Gasteiger partial charge in [-0.1, -0.05) is 0 Å². The quantitative estimate of drug-likeness (QED) is 0.847. The van der Waals surface area contributed by atoms with Crippen LogP contribution in [0.25, 0.3) is 0 Å². The summed E-state index contributed by atoms with van der Waals surface area (Å²) >= 11 is 0. The summed E-state index contributed by atoms with van der Waals surface area (Å²) in [7, 11) is 0. The molecule has 110 valence electrons. The number of nitrogens with two attached hydrogens (primary N) is 1. The first-order chi connectivity index (χ1) is 9.37. The molecule has 2 rings (SSSR count). The summed E-state index contributed by atoms with van der Waals surface area (Å²) in [4.78, 5) is 19.9. The van der Waals surface area contributed by atoms with Crippen LogP contribution in [-0.4, -0.2) is 47.8 Å². The van der Waals surface area contributed by atoms with Crippen molar-refractivity contribution in [1.82, 2.24) is 9.88 Å². The van der Waals surface area contributed by atoms with Crippen LogP contribution in [-0.2, 0) is 4.74 Å². The second-order valence-corrected chi connectivity index (χ2v) is 5.89. The van der Waals surface area contributed by atoms with E-state index in [1.54, 1.807) is 17.3 Å². The molecule has 1 aliphatic rings. The summed E-state index contributed by atoms with van der Waals surface area (Å²) < 4.78 is 5.38. The number of hydrogen-bond acceptors (Lipinski definition) is 5. The second kappa shape index (κ2) is 5.56. The zero-order valence-corrected chi connectivity index (χ0v) is 12.3.